The molecule has 0 amide bonds. The molecule has 8 heteroatoms. The van der Waals surface area contributed by atoms with Crippen molar-refractivity contribution in [3.05, 3.63) is 14.7 Å². The topological polar surface area (TPSA) is 58.2 Å². The van der Waals surface area contributed by atoms with E-state index in [1.165, 1.54) is 6.07 Å². The Morgan fingerprint density at radius 3 is 2.53 bits per heavy atom. The molecule has 0 aliphatic rings. The molecule has 4 nitrogen and oxygen atoms in total. The van der Waals surface area contributed by atoms with Crippen LogP contribution < -0.4 is 10.0 Å². The van der Waals surface area contributed by atoms with Gasteiger partial charge in [0.05, 0.1) is 4.34 Å². The minimum absolute atomic E-state index is 0.0460. The highest BCUT2D eigenvalue weighted by Gasteiger charge is 2.20. The predicted octanol–water partition coefficient (Wildman–Crippen LogP) is 2.33. The van der Waals surface area contributed by atoms with Crippen LogP contribution in [0.5, 0.6) is 0 Å². The first-order valence-corrected chi connectivity index (χ1v) is 8.18. The van der Waals surface area contributed by atoms with Crippen molar-refractivity contribution in [2.75, 3.05) is 19.6 Å². The lowest BCUT2D eigenvalue weighted by Gasteiger charge is -2.06. The molecule has 0 saturated carbocycles. The minimum Gasteiger partial charge on any atom is -0.315 e. The van der Waals surface area contributed by atoms with Crippen molar-refractivity contribution in [2.24, 2.45) is 0 Å². The molecule has 0 aliphatic carbocycles. The highest BCUT2D eigenvalue weighted by Crippen LogP contribution is 2.33. The molecule has 1 aromatic heterocycles. The van der Waals surface area contributed by atoms with Gasteiger partial charge >= 0.3 is 0 Å². The van der Waals surface area contributed by atoms with Gasteiger partial charge in [0.15, 0.2) is 0 Å². The lowest BCUT2D eigenvalue weighted by atomic mass is 10.5. The molecule has 98 valence electrons. The smallest absolute Gasteiger partial charge is 0.243 e. The first-order valence-electron chi connectivity index (χ1n) is 5.12. The van der Waals surface area contributed by atoms with E-state index in [0.29, 0.717) is 17.4 Å². The molecule has 1 rings (SSSR count). The van der Waals surface area contributed by atoms with Gasteiger partial charge < -0.3 is 5.32 Å². The Hall–Kier alpha value is 0.150. The van der Waals surface area contributed by atoms with Crippen LogP contribution in [-0.4, -0.2) is 28.1 Å². The largest absolute Gasteiger partial charge is 0.315 e. The molecule has 0 radical (unpaired) electrons. The maximum Gasteiger partial charge on any atom is 0.243 e. The summed E-state index contributed by atoms with van der Waals surface area (Å²) in [5.41, 5.74) is 0. The van der Waals surface area contributed by atoms with E-state index >= 15 is 0 Å². The van der Waals surface area contributed by atoms with Crippen LogP contribution >= 0.6 is 34.5 Å². The Labute approximate surface area is 115 Å². The second-order valence-electron chi connectivity index (χ2n) is 3.34. The molecule has 0 spiro atoms. The molecule has 1 heterocycles. The summed E-state index contributed by atoms with van der Waals surface area (Å²) in [5, 5.41) is 3.10. The molecule has 0 aliphatic heterocycles. The van der Waals surface area contributed by atoms with E-state index in [0.717, 1.165) is 24.3 Å². The Morgan fingerprint density at radius 1 is 1.29 bits per heavy atom. The summed E-state index contributed by atoms with van der Waals surface area (Å²) in [6.45, 7) is 3.83. The number of hydrogen-bond donors (Lipinski definition) is 2. The number of rotatable bonds is 7. The summed E-state index contributed by atoms with van der Waals surface area (Å²) >= 11 is 12.5. The van der Waals surface area contributed by atoms with Gasteiger partial charge in [0.25, 0.3) is 0 Å². The molecule has 0 unspecified atom stereocenters. The predicted molar refractivity (Wildman–Crippen MR) is 72.7 cm³/mol. The van der Waals surface area contributed by atoms with Crippen LogP contribution in [0.3, 0.4) is 0 Å². The van der Waals surface area contributed by atoms with Crippen molar-refractivity contribution in [2.45, 2.75) is 18.2 Å². The molecule has 0 fully saturated rings. The number of nitrogens with one attached hydrogen (secondary N) is 2. The Bertz CT molecular complexity index is 460. The van der Waals surface area contributed by atoms with E-state index in [-0.39, 0.29) is 9.23 Å². The van der Waals surface area contributed by atoms with Gasteiger partial charge in [-0.15, -0.1) is 11.3 Å². The maximum atomic E-state index is 11.8. The highest BCUT2D eigenvalue weighted by molar-refractivity contribution is 7.89. The van der Waals surface area contributed by atoms with Gasteiger partial charge in [-0.3, -0.25) is 0 Å². The fourth-order valence-electron chi connectivity index (χ4n) is 1.16. The van der Waals surface area contributed by atoms with Gasteiger partial charge in [-0.1, -0.05) is 30.1 Å². The fourth-order valence-corrected chi connectivity index (χ4v) is 4.34. The second-order valence-corrected chi connectivity index (χ2v) is 7.36. The molecule has 1 aromatic rings. The first-order chi connectivity index (χ1) is 7.97. The van der Waals surface area contributed by atoms with Crippen molar-refractivity contribution in [1.82, 2.24) is 10.0 Å². The van der Waals surface area contributed by atoms with Crippen LogP contribution in [-0.2, 0) is 10.0 Å². The third-order valence-corrected chi connectivity index (χ3v) is 5.15. The zero-order chi connectivity index (χ0) is 12.9. The third-order valence-electron chi connectivity index (χ3n) is 1.94. The molecule has 0 bridgehead atoms. The Morgan fingerprint density at radius 2 is 2.00 bits per heavy atom. The molecule has 0 saturated heterocycles. The molecular weight excluding hydrogens is 303 g/mol. The summed E-state index contributed by atoms with van der Waals surface area (Å²) in [6, 6.07) is 1.36. The summed E-state index contributed by atoms with van der Waals surface area (Å²) in [7, 11) is -3.55. The van der Waals surface area contributed by atoms with Crippen molar-refractivity contribution < 1.29 is 8.42 Å². The van der Waals surface area contributed by atoms with Crippen molar-refractivity contribution in [1.29, 1.82) is 0 Å². The zero-order valence-electron chi connectivity index (χ0n) is 9.29. The average Bonchev–Trinajstić information content (AvgIpc) is 2.58. The number of thiophene rings is 1. The van der Waals surface area contributed by atoms with Crippen molar-refractivity contribution in [3.8, 4) is 0 Å². The second kappa shape index (κ2) is 6.92. The summed E-state index contributed by atoms with van der Waals surface area (Å²) in [6.07, 6.45) is 1.01. The van der Waals surface area contributed by atoms with Crippen LogP contribution in [0.15, 0.2) is 11.0 Å². The van der Waals surface area contributed by atoms with Gasteiger partial charge in [-0.05, 0) is 19.0 Å². The van der Waals surface area contributed by atoms with E-state index in [1.807, 2.05) is 6.92 Å². The number of hydrogen-bond acceptors (Lipinski definition) is 4. The highest BCUT2D eigenvalue weighted by atomic mass is 35.5. The normalized spacial score (nSPS) is 11.9. The van der Waals surface area contributed by atoms with Crippen LogP contribution in [0.2, 0.25) is 8.67 Å². The van der Waals surface area contributed by atoms with Crippen LogP contribution in [0, 0.1) is 0 Å². The van der Waals surface area contributed by atoms with Gasteiger partial charge in [0, 0.05) is 13.1 Å². The van der Waals surface area contributed by atoms with Crippen LogP contribution in [0.1, 0.15) is 13.3 Å². The van der Waals surface area contributed by atoms with E-state index in [2.05, 4.69) is 10.0 Å². The zero-order valence-corrected chi connectivity index (χ0v) is 12.4. The van der Waals surface area contributed by atoms with Gasteiger partial charge in [0.1, 0.15) is 9.23 Å². The lowest BCUT2D eigenvalue weighted by molar-refractivity contribution is 0.576. The van der Waals surface area contributed by atoms with E-state index in [4.69, 9.17) is 23.2 Å². The molecule has 17 heavy (non-hydrogen) atoms. The average molecular weight is 317 g/mol. The fraction of sp³-hybridized carbons (Fsp3) is 0.556. The Kier molecular flexibility index (Phi) is 6.19. The van der Waals surface area contributed by atoms with Gasteiger partial charge in [0.2, 0.25) is 10.0 Å². The Balaban J connectivity index is 2.54. The van der Waals surface area contributed by atoms with Gasteiger partial charge in [-0.2, -0.15) is 0 Å². The minimum atomic E-state index is -3.55. The third kappa shape index (κ3) is 4.73. The summed E-state index contributed by atoms with van der Waals surface area (Å²) < 4.78 is 26.7. The standard InChI is InChI=1S/C9H14Cl2N2O2S2/c1-2-3-12-4-5-13-17(14,15)7-6-8(10)16-9(7)11/h6,12-13H,2-5H2,1H3. The van der Waals surface area contributed by atoms with Gasteiger partial charge in [-0.25, -0.2) is 13.1 Å². The van der Waals surface area contributed by atoms with Crippen molar-refractivity contribution in [3.63, 3.8) is 0 Å². The number of sulfonamides is 1. The monoisotopic (exact) mass is 316 g/mol. The molecule has 0 atom stereocenters. The number of halogens is 2. The first kappa shape index (κ1) is 15.2. The van der Waals surface area contributed by atoms with E-state index in [9.17, 15) is 8.42 Å². The van der Waals surface area contributed by atoms with E-state index in [1.54, 1.807) is 0 Å². The van der Waals surface area contributed by atoms with Crippen molar-refractivity contribution >= 4 is 44.6 Å². The summed E-state index contributed by atoms with van der Waals surface area (Å²) in [5.74, 6) is 0. The van der Waals surface area contributed by atoms with Crippen LogP contribution in [0.25, 0.3) is 0 Å². The van der Waals surface area contributed by atoms with Crippen LogP contribution in [0.4, 0.5) is 0 Å². The molecule has 0 aromatic carbocycles. The van der Waals surface area contributed by atoms with E-state index < -0.39 is 10.0 Å². The molecular formula is C9H14Cl2N2O2S2. The maximum absolute atomic E-state index is 11.8. The SMILES string of the molecule is CCCNCCNS(=O)(=O)c1cc(Cl)sc1Cl. The molecule has 2 N–H and O–H groups in total. The quantitative estimate of drug-likeness (QED) is 0.759. The summed E-state index contributed by atoms with van der Waals surface area (Å²) in [4.78, 5) is 0.0460. The lowest BCUT2D eigenvalue weighted by Crippen LogP contribution is -2.32.